The Morgan fingerprint density at radius 1 is 1.08 bits per heavy atom. The number of carbonyl (C=O) groups is 1. The highest BCUT2D eigenvalue weighted by atomic mass is 16.6. The van der Waals surface area contributed by atoms with Crippen molar-refractivity contribution in [1.29, 1.82) is 0 Å². The molecule has 1 fully saturated rings. The number of amides is 1. The molecule has 4 heteroatoms. The zero-order chi connectivity index (χ0) is 16.5. The van der Waals surface area contributed by atoms with Crippen molar-refractivity contribution in [2.24, 2.45) is 5.73 Å². The fourth-order valence-electron chi connectivity index (χ4n) is 3.86. The van der Waals surface area contributed by atoms with E-state index in [0.29, 0.717) is 13.2 Å². The molecule has 1 amide bonds. The van der Waals surface area contributed by atoms with Gasteiger partial charge in [-0.3, -0.25) is 0 Å². The molecule has 1 heterocycles. The van der Waals surface area contributed by atoms with E-state index < -0.39 is 0 Å². The maximum atomic E-state index is 12.4. The van der Waals surface area contributed by atoms with Crippen LogP contribution >= 0.6 is 0 Å². The average molecular weight is 322 g/mol. The number of hydrogen-bond acceptors (Lipinski definition) is 3. The Balaban J connectivity index is 1.51. The highest BCUT2D eigenvalue weighted by molar-refractivity contribution is 5.79. The molecule has 0 saturated carbocycles. The first-order chi connectivity index (χ1) is 11.7. The van der Waals surface area contributed by atoms with Crippen LogP contribution in [-0.4, -0.2) is 36.7 Å². The molecule has 1 atom stereocenters. The molecule has 0 spiro atoms. The lowest BCUT2D eigenvalue weighted by molar-refractivity contribution is 0.0896. The van der Waals surface area contributed by atoms with E-state index in [2.05, 4.69) is 36.4 Å². The van der Waals surface area contributed by atoms with Crippen molar-refractivity contribution in [3.63, 3.8) is 0 Å². The van der Waals surface area contributed by atoms with E-state index >= 15 is 0 Å². The Bertz CT molecular complexity index is 713. The number of hydrogen-bond donors (Lipinski definition) is 1. The number of carbonyl (C=O) groups excluding carboxylic acids is 1. The first-order valence-corrected chi connectivity index (χ1v) is 8.59. The van der Waals surface area contributed by atoms with Gasteiger partial charge >= 0.3 is 6.09 Å². The van der Waals surface area contributed by atoms with Crippen LogP contribution in [0.3, 0.4) is 0 Å². The van der Waals surface area contributed by atoms with Gasteiger partial charge in [0.05, 0.1) is 0 Å². The van der Waals surface area contributed by atoms with Gasteiger partial charge in [0.25, 0.3) is 0 Å². The molecule has 2 N–H and O–H groups in total. The van der Waals surface area contributed by atoms with Crippen LogP contribution in [0.5, 0.6) is 0 Å². The monoisotopic (exact) mass is 322 g/mol. The fourth-order valence-corrected chi connectivity index (χ4v) is 3.86. The topological polar surface area (TPSA) is 55.6 Å². The molecule has 0 bridgehead atoms. The lowest BCUT2D eigenvalue weighted by Crippen LogP contribution is -2.46. The number of nitrogens with zero attached hydrogens (tertiary/aromatic N) is 1. The van der Waals surface area contributed by atoms with Gasteiger partial charge in [0.2, 0.25) is 0 Å². The van der Waals surface area contributed by atoms with Crippen LogP contribution in [0.25, 0.3) is 11.1 Å². The number of benzene rings is 2. The summed E-state index contributed by atoms with van der Waals surface area (Å²) in [5.41, 5.74) is 10.9. The maximum absolute atomic E-state index is 12.4. The summed E-state index contributed by atoms with van der Waals surface area (Å²) in [6, 6.07) is 16.8. The van der Waals surface area contributed by atoms with E-state index in [9.17, 15) is 4.79 Å². The highest BCUT2D eigenvalue weighted by Crippen LogP contribution is 2.44. The van der Waals surface area contributed by atoms with Crippen molar-refractivity contribution < 1.29 is 9.53 Å². The van der Waals surface area contributed by atoms with Gasteiger partial charge in [0, 0.05) is 25.0 Å². The van der Waals surface area contributed by atoms with Crippen LogP contribution in [0.2, 0.25) is 0 Å². The maximum Gasteiger partial charge on any atom is 0.409 e. The molecule has 24 heavy (non-hydrogen) atoms. The summed E-state index contributed by atoms with van der Waals surface area (Å²) in [5, 5.41) is 0. The first kappa shape index (κ1) is 15.2. The third kappa shape index (κ3) is 2.67. The normalized spacial score (nSPS) is 19.7. The quantitative estimate of drug-likeness (QED) is 0.922. The molecule has 4 nitrogen and oxygen atoms in total. The molecule has 2 aliphatic rings. The molecule has 4 rings (SSSR count). The Labute approximate surface area is 142 Å². The van der Waals surface area contributed by atoms with Crippen LogP contribution in [-0.2, 0) is 4.74 Å². The number of piperidine rings is 1. The van der Waals surface area contributed by atoms with Gasteiger partial charge in [-0.1, -0.05) is 48.5 Å². The number of ether oxygens (including phenoxy) is 1. The van der Waals surface area contributed by atoms with Gasteiger partial charge in [-0.15, -0.1) is 0 Å². The molecule has 2 aromatic carbocycles. The molecule has 1 aliphatic heterocycles. The third-order valence-electron chi connectivity index (χ3n) is 5.05. The predicted octanol–water partition coefficient (Wildman–Crippen LogP) is 3.36. The zero-order valence-electron chi connectivity index (χ0n) is 13.7. The Kier molecular flexibility index (Phi) is 3.98. The second-order valence-electron chi connectivity index (χ2n) is 6.65. The fraction of sp³-hybridized carbons (Fsp3) is 0.350. The molecular formula is C20H22N2O2. The van der Waals surface area contributed by atoms with Crippen molar-refractivity contribution >= 4 is 6.09 Å². The minimum atomic E-state index is -0.244. The molecule has 1 aliphatic carbocycles. The van der Waals surface area contributed by atoms with Crippen molar-refractivity contribution in [3.05, 3.63) is 59.7 Å². The molecule has 0 unspecified atom stereocenters. The van der Waals surface area contributed by atoms with Gasteiger partial charge < -0.3 is 15.4 Å². The smallest absolute Gasteiger partial charge is 0.409 e. The van der Waals surface area contributed by atoms with Crippen LogP contribution in [0.15, 0.2) is 48.5 Å². The third-order valence-corrected chi connectivity index (χ3v) is 5.05. The lowest BCUT2D eigenvalue weighted by atomic mass is 9.98. The number of fused-ring (bicyclic) bond motifs is 3. The van der Waals surface area contributed by atoms with Crippen molar-refractivity contribution in [3.8, 4) is 11.1 Å². The van der Waals surface area contributed by atoms with Gasteiger partial charge in [-0.25, -0.2) is 4.79 Å². The van der Waals surface area contributed by atoms with Crippen molar-refractivity contribution in [2.45, 2.75) is 24.8 Å². The Hall–Kier alpha value is -2.33. The summed E-state index contributed by atoms with van der Waals surface area (Å²) in [7, 11) is 0. The van der Waals surface area contributed by atoms with Gasteiger partial charge in [0.1, 0.15) is 6.61 Å². The summed E-state index contributed by atoms with van der Waals surface area (Å²) in [6.07, 6.45) is 1.69. The summed E-state index contributed by atoms with van der Waals surface area (Å²) >= 11 is 0. The van der Waals surface area contributed by atoms with Crippen molar-refractivity contribution in [1.82, 2.24) is 4.90 Å². The van der Waals surface area contributed by atoms with Gasteiger partial charge in [-0.2, -0.15) is 0 Å². The van der Waals surface area contributed by atoms with Crippen LogP contribution < -0.4 is 5.73 Å². The molecule has 124 valence electrons. The van der Waals surface area contributed by atoms with E-state index in [0.717, 1.165) is 19.4 Å². The van der Waals surface area contributed by atoms with E-state index in [1.54, 1.807) is 4.90 Å². The van der Waals surface area contributed by atoms with E-state index in [1.807, 2.05) is 12.1 Å². The van der Waals surface area contributed by atoms with Crippen LogP contribution in [0.1, 0.15) is 29.9 Å². The summed E-state index contributed by atoms with van der Waals surface area (Å²) in [4.78, 5) is 14.1. The van der Waals surface area contributed by atoms with E-state index in [4.69, 9.17) is 10.5 Å². The summed E-state index contributed by atoms with van der Waals surface area (Å²) in [5.74, 6) is 0.111. The minimum Gasteiger partial charge on any atom is -0.448 e. The molecular weight excluding hydrogens is 300 g/mol. The molecule has 0 aromatic heterocycles. The number of rotatable bonds is 2. The van der Waals surface area contributed by atoms with Crippen LogP contribution in [0, 0.1) is 0 Å². The second-order valence-corrected chi connectivity index (χ2v) is 6.65. The largest absolute Gasteiger partial charge is 0.448 e. The Morgan fingerprint density at radius 3 is 2.33 bits per heavy atom. The van der Waals surface area contributed by atoms with Gasteiger partial charge in [-0.05, 0) is 35.1 Å². The average Bonchev–Trinajstić information content (AvgIpc) is 2.94. The summed E-state index contributed by atoms with van der Waals surface area (Å²) < 4.78 is 5.66. The number of nitrogens with two attached hydrogens (primary N) is 1. The lowest BCUT2D eigenvalue weighted by Gasteiger charge is -2.30. The first-order valence-electron chi connectivity index (χ1n) is 8.59. The van der Waals surface area contributed by atoms with Crippen molar-refractivity contribution in [2.75, 3.05) is 19.7 Å². The van der Waals surface area contributed by atoms with E-state index in [-0.39, 0.29) is 18.1 Å². The molecule has 0 radical (unpaired) electrons. The molecule has 1 saturated heterocycles. The number of likely N-dealkylation sites (tertiary alicyclic amines) is 1. The SMILES string of the molecule is N[C@@H]1CCCN(C(=O)OCC2c3ccccc3-c3ccccc32)C1. The van der Waals surface area contributed by atoms with Gasteiger partial charge in [0.15, 0.2) is 0 Å². The zero-order valence-corrected chi connectivity index (χ0v) is 13.7. The molecule has 2 aromatic rings. The standard InChI is InChI=1S/C20H22N2O2/c21-14-6-5-11-22(12-14)20(23)24-13-19-17-9-3-1-7-15(17)16-8-2-4-10-18(16)19/h1-4,7-10,14,19H,5-6,11-13,21H2/t14-/m1/s1. The predicted molar refractivity (Wildman–Crippen MR) is 93.9 cm³/mol. The second kappa shape index (κ2) is 6.29. The van der Waals surface area contributed by atoms with E-state index in [1.165, 1.54) is 22.3 Å². The van der Waals surface area contributed by atoms with Crippen LogP contribution in [0.4, 0.5) is 4.79 Å². The highest BCUT2D eigenvalue weighted by Gasteiger charge is 2.30. The Morgan fingerprint density at radius 2 is 1.71 bits per heavy atom. The summed E-state index contributed by atoms with van der Waals surface area (Å²) in [6.45, 7) is 1.71. The minimum absolute atomic E-state index is 0.0687.